The van der Waals surface area contributed by atoms with Crippen molar-refractivity contribution in [3.63, 3.8) is 0 Å². The van der Waals surface area contributed by atoms with Crippen molar-refractivity contribution in [3.8, 4) is 0 Å². The number of nitrogens with one attached hydrogen (secondary N) is 1. The largest absolute Gasteiger partial charge is 0.444 e. The predicted molar refractivity (Wildman–Crippen MR) is 78.5 cm³/mol. The van der Waals surface area contributed by atoms with Gasteiger partial charge in [-0.15, -0.1) is 5.10 Å². The van der Waals surface area contributed by atoms with Crippen LogP contribution in [-0.4, -0.2) is 37.4 Å². The van der Waals surface area contributed by atoms with E-state index in [1.807, 2.05) is 41.5 Å². The Balaban J connectivity index is 2.65. The third-order valence-corrected chi connectivity index (χ3v) is 2.81. The van der Waals surface area contributed by atoms with Gasteiger partial charge in [-0.05, 0) is 58.4 Å². The molecule has 0 aliphatic rings. The second-order valence-corrected chi connectivity index (χ2v) is 6.81. The van der Waals surface area contributed by atoms with Crippen LogP contribution in [0.2, 0.25) is 0 Å². The first-order valence-electron chi connectivity index (χ1n) is 7.02. The fraction of sp³-hybridized carbons (Fsp3) is 0.846. The molecule has 8 nitrogen and oxygen atoms in total. The summed E-state index contributed by atoms with van der Waals surface area (Å²) in [5, 5.41) is 14.3. The Hall–Kier alpha value is -1.70. The van der Waals surface area contributed by atoms with Gasteiger partial charge in [0.05, 0.1) is 12.6 Å². The Labute approximate surface area is 125 Å². The highest BCUT2D eigenvalue weighted by Gasteiger charge is 2.28. The van der Waals surface area contributed by atoms with Crippen molar-refractivity contribution >= 4 is 6.09 Å². The molecule has 0 spiro atoms. The summed E-state index contributed by atoms with van der Waals surface area (Å²) in [6.07, 6.45) is 0.208. The summed E-state index contributed by atoms with van der Waals surface area (Å²) in [6, 6.07) is 0.00323. The molecule has 1 aromatic rings. The first-order valence-corrected chi connectivity index (χ1v) is 7.02. The molecule has 120 valence electrons. The Bertz CT molecular complexity index is 477. The number of nitrogens with two attached hydrogens (primary N) is 1. The van der Waals surface area contributed by atoms with Gasteiger partial charge in [0.25, 0.3) is 0 Å². The van der Waals surface area contributed by atoms with Gasteiger partial charge in [0.2, 0.25) is 0 Å². The van der Waals surface area contributed by atoms with E-state index in [-0.39, 0.29) is 12.6 Å². The first-order chi connectivity index (χ1) is 9.54. The maximum atomic E-state index is 11.9. The minimum absolute atomic E-state index is 0.00323. The molecule has 3 N–H and O–H groups in total. The van der Waals surface area contributed by atoms with E-state index in [1.165, 1.54) is 0 Å². The zero-order valence-electron chi connectivity index (χ0n) is 13.7. The molecule has 1 rings (SSSR count). The Morgan fingerprint density at radius 1 is 1.38 bits per heavy atom. The van der Waals surface area contributed by atoms with Crippen LogP contribution >= 0.6 is 0 Å². The lowest BCUT2D eigenvalue weighted by molar-refractivity contribution is 0.0460. The molecule has 0 radical (unpaired) electrons. The van der Waals surface area contributed by atoms with Crippen LogP contribution in [0, 0.1) is 0 Å². The molecule has 1 amide bonds. The number of hydrogen-bond donors (Lipinski definition) is 2. The van der Waals surface area contributed by atoms with E-state index in [2.05, 4.69) is 20.8 Å². The average Bonchev–Trinajstić information content (AvgIpc) is 2.71. The van der Waals surface area contributed by atoms with Gasteiger partial charge in [-0.2, -0.15) is 0 Å². The molecular weight excluding hydrogens is 272 g/mol. The fourth-order valence-corrected chi connectivity index (χ4v) is 2.14. The summed E-state index contributed by atoms with van der Waals surface area (Å²) >= 11 is 0. The van der Waals surface area contributed by atoms with Crippen molar-refractivity contribution in [1.29, 1.82) is 0 Å². The molecule has 0 fully saturated rings. The van der Waals surface area contributed by atoms with E-state index < -0.39 is 17.2 Å². The molecule has 21 heavy (non-hydrogen) atoms. The summed E-state index contributed by atoms with van der Waals surface area (Å²) in [7, 11) is 0. The summed E-state index contributed by atoms with van der Waals surface area (Å²) in [5.41, 5.74) is 4.62. The molecule has 0 aliphatic heterocycles. The van der Waals surface area contributed by atoms with Gasteiger partial charge in [0.15, 0.2) is 5.82 Å². The Morgan fingerprint density at radius 2 is 2.00 bits per heavy atom. The molecule has 1 heterocycles. The number of tetrazole rings is 1. The highest BCUT2D eigenvalue weighted by atomic mass is 16.6. The topological polar surface area (TPSA) is 108 Å². The van der Waals surface area contributed by atoms with Crippen molar-refractivity contribution < 1.29 is 9.53 Å². The number of carbonyl (C=O) groups is 1. The van der Waals surface area contributed by atoms with Gasteiger partial charge < -0.3 is 15.8 Å². The molecule has 1 aromatic heterocycles. The predicted octanol–water partition coefficient (Wildman–Crippen LogP) is 1.39. The molecule has 1 unspecified atom stereocenters. The summed E-state index contributed by atoms with van der Waals surface area (Å²) in [4.78, 5) is 11.9. The Kier molecular flexibility index (Phi) is 5.27. The Morgan fingerprint density at radius 3 is 2.52 bits per heavy atom. The minimum Gasteiger partial charge on any atom is -0.444 e. The van der Waals surface area contributed by atoms with Crippen LogP contribution in [0.25, 0.3) is 0 Å². The monoisotopic (exact) mass is 298 g/mol. The molecule has 0 saturated carbocycles. The van der Waals surface area contributed by atoms with Crippen LogP contribution in [0.15, 0.2) is 0 Å². The number of alkyl carbamates (subject to hydrolysis) is 1. The third kappa shape index (κ3) is 5.66. The zero-order chi connectivity index (χ0) is 16.3. The molecule has 0 aliphatic carbocycles. The minimum atomic E-state index is -0.520. The van der Waals surface area contributed by atoms with Crippen molar-refractivity contribution in [1.82, 2.24) is 25.5 Å². The van der Waals surface area contributed by atoms with Crippen LogP contribution in [-0.2, 0) is 11.3 Å². The van der Waals surface area contributed by atoms with Crippen LogP contribution in [0.3, 0.4) is 0 Å². The molecule has 0 aromatic carbocycles. The SMILES string of the molecule is CC(CC(C)(C)NC(=O)OC(C)(C)C)n1nnnc1CN. The van der Waals surface area contributed by atoms with Crippen LogP contribution in [0.1, 0.15) is 59.8 Å². The van der Waals surface area contributed by atoms with Crippen molar-refractivity contribution in [2.24, 2.45) is 5.73 Å². The maximum Gasteiger partial charge on any atom is 0.408 e. The number of hydrogen-bond acceptors (Lipinski definition) is 6. The lowest BCUT2D eigenvalue weighted by Gasteiger charge is -2.30. The van der Waals surface area contributed by atoms with Crippen molar-refractivity contribution in [3.05, 3.63) is 5.82 Å². The van der Waals surface area contributed by atoms with E-state index in [0.717, 1.165) is 0 Å². The number of carbonyl (C=O) groups excluding carboxylic acids is 1. The smallest absolute Gasteiger partial charge is 0.408 e. The average molecular weight is 298 g/mol. The zero-order valence-corrected chi connectivity index (χ0v) is 13.7. The maximum absolute atomic E-state index is 11.9. The number of rotatable bonds is 5. The van der Waals surface area contributed by atoms with E-state index in [1.54, 1.807) is 4.68 Å². The van der Waals surface area contributed by atoms with Gasteiger partial charge >= 0.3 is 6.09 Å². The van der Waals surface area contributed by atoms with Gasteiger partial charge in [-0.3, -0.25) is 0 Å². The van der Waals surface area contributed by atoms with E-state index in [9.17, 15) is 4.79 Å². The lowest BCUT2D eigenvalue weighted by atomic mass is 9.96. The van der Waals surface area contributed by atoms with Crippen LogP contribution in [0.5, 0.6) is 0 Å². The summed E-state index contributed by atoms with van der Waals surface area (Å²) < 4.78 is 6.95. The van der Waals surface area contributed by atoms with Gasteiger partial charge in [-0.25, -0.2) is 9.48 Å². The number of amides is 1. The quantitative estimate of drug-likeness (QED) is 0.850. The molecule has 0 bridgehead atoms. The molecule has 0 saturated heterocycles. The van der Waals surface area contributed by atoms with E-state index >= 15 is 0 Å². The molecule has 1 atom stereocenters. The molecular formula is C13H26N6O2. The third-order valence-electron chi connectivity index (χ3n) is 2.81. The van der Waals surface area contributed by atoms with Gasteiger partial charge in [-0.1, -0.05) is 0 Å². The van der Waals surface area contributed by atoms with Crippen LogP contribution in [0.4, 0.5) is 4.79 Å². The molecule has 8 heteroatoms. The van der Waals surface area contributed by atoms with E-state index in [0.29, 0.717) is 12.2 Å². The highest BCUT2D eigenvalue weighted by Crippen LogP contribution is 2.21. The van der Waals surface area contributed by atoms with Crippen molar-refractivity contribution in [2.45, 2.75) is 71.7 Å². The normalized spacial score (nSPS) is 13.9. The second kappa shape index (κ2) is 6.38. The van der Waals surface area contributed by atoms with Gasteiger partial charge in [0, 0.05) is 5.54 Å². The highest BCUT2D eigenvalue weighted by molar-refractivity contribution is 5.68. The first kappa shape index (κ1) is 17.4. The number of aromatic nitrogens is 4. The second-order valence-electron chi connectivity index (χ2n) is 6.81. The standard InChI is InChI=1S/C13H26N6O2/c1-9(19-10(8-14)16-17-18-19)7-13(5,6)15-11(20)21-12(2,3)4/h9H,7-8,14H2,1-6H3,(H,15,20). The number of nitrogens with zero attached hydrogens (tertiary/aromatic N) is 4. The summed E-state index contributed by atoms with van der Waals surface area (Å²) in [5.74, 6) is 0.621. The van der Waals surface area contributed by atoms with Crippen molar-refractivity contribution in [2.75, 3.05) is 0 Å². The van der Waals surface area contributed by atoms with Crippen LogP contribution < -0.4 is 11.1 Å². The lowest BCUT2D eigenvalue weighted by Crippen LogP contribution is -2.47. The van der Waals surface area contributed by atoms with Gasteiger partial charge in [0.1, 0.15) is 5.60 Å². The summed E-state index contributed by atoms with van der Waals surface area (Å²) in [6.45, 7) is 11.6. The van der Waals surface area contributed by atoms with E-state index in [4.69, 9.17) is 10.5 Å². The fourth-order valence-electron chi connectivity index (χ4n) is 2.14. The number of ether oxygens (including phenoxy) is 1.